The monoisotopic (exact) mass is 310 g/mol. The average molecular weight is 310 g/mol. The Bertz CT molecular complexity index is 644. The Morgan fingerprint density at radius 2 is 2.00 bits per heavy atom. The molecular weight excluding hydrogens is 299 g/mol. The van der Waals surface area contributed by atoms with Crippen molar-refractivity contribution >= 4 is 23.3 Å². The lowest BCUT2D eigenvalue weighted by Crippen LogP contribution is -2.43. The Morgan fingerprint density at radius 3 is 2.62 bits per heavy atom. The normalized spacial score (nSPS) is 10.0. The van der Waals surface area contributed by atoms with Crippen molar-refractivity contribution < 1.29 is 18.7 Å². The lowest BCUT2D eigenvalue weighted by molar-refractivity contribution is -0.123. The van der Waals surface area contributed by atoms with E-state index in [1.54, 1.807) is 6.92 Å². The zero-order chi connectivity index (χ0) is 15.2. The number of hydrogen-bond donors (Lipinski definition) is 2. The van der Waals surface area contributed by atoms with Gasteiger partial charge in [0.15, 0.2) is 6.61 Å². The summed E-state index contributed by atoms with van der Waals surface area (Å²) in [7, 11) is 0. The van der Waals surface area contributed by atoms with Crippen LogP contribution in [0.4, 0.5) is 4.39 Å². The standard InChI is InChI=1S/C12H11FN4O3S/c1-7-11(21-17-14-7)12(19)16-15-10(18)6-20-9-4-2-8(13)3-5-9/h2-5H,6H2,1H3,(H,15,18)(H,16,19). The molecule has 9 heteroatoms. The van der Waals surface area contributed by atoms with E-state index in [9.17, 15) is 14.0 Å². The van der Waals surface area contributed by atoms with Gasteiger partial charge in [-0.15, -0.1) is 5.10 Å². The lowest BCUT2D eigenvalue weighted by Gasteiger charge is -2.08. The zero-order valence-electron chi connectivity index (χ0n) is 10.9. The van der Waals surface area contributed by atoms with Gasteiger partial charge in [-0.25, -0.2) is 4.39 Å². The third-order valence-electron chi connectivity index (χ3n) is 2.36. The molecule has 2 aromatic rings. The van der Waals surface area contributed by atoms with Crippen molar-refractivity contribution in [1.29, 1.82) is 0 Å². The summed E-state index contributed by atoms with van der Waals surface area (Å²) in [4.78, 5) is 23.5. The van der Waals surface area contributed by atoms with Crippen LogP contribution in [0.25, 0.3) is 0 Å². The molecule has 2 N–H and O–H groups in total. The van der Waals surface area contributed by atoms with E-state index in [0.717, 1.165) is 11.5 Å². The molecule has 7 nitrogen and oxygen atoms in total. The number of aromatic nitrogens is 2. The SMILES string of the molecule is Cc1nnsc1C(=O)NNC(=O)COc1ccc(F)cc1. The van der Waals surface area contributed by atoms with E-state index in [-0.39, 0.29) is 6.61 Å². The maximum Gasteiger partial charge on any atom is 0.283 e. The second-order valence-electron chi connectivity index (χ2n) is 3.93. The van der Waals surface area contributed by atoms with Crippen molar-refractivity contribution in [2.45, 2.75) is 6.92 Å². The van der Waals surface area contributed by atoms with Gasteiger partial charge < -0.3 is 4.74 Å². The summed E-state index contributed by atoms with van der Waals surface area (Å²) in [5.41, 5.74) is 4.90. The van der Waals surface area contributed by atoms with Gasteiger partial charge in [0.2, 0.25) is 0 Å². The molecule has 0 atom stereocenters. The number of hydrazine groups is 1. The first kappa shape index (κ1) is 14.9. The molecule has 0 saturated heterocycles. The van der Waals surface area contributed by atoms with Crippen LogP contribution in [0.5, 0.6) is 5.75 Å². The molecule has 2 amide bonds. The third-order valence-corrected chi connectivity index (χ3v) is 3.18. The van der Waals surface area contributed by atoms with Crippen LogP contribution in [0, 0.1) is 12.7 Å². The zero-order valence-corrected chi connectivity index (χ0v) is 11.7. The summed E-state index contributed by atoms with van der Waals surface area (Å²) in [6.07, 6.45) is 0. The lowest BCUT2D eigenvalue weighted by atomic mass is 10.3. The minimum atomic E-state index is -0.553. The number of carbonyl (C=O) groups excluding carboxylic acids is 2. The van der Waals surface area contributed by atoms with Crippen molar-refractivity contribution in [3.05, 3.63) is 40.7 Å². The Balaban J connectivity index is 1.76. The van der Waals surface area contributed by atoms with Crippen LogP contribution < -0.4 is 15.6 Å². The molecule has 110 valence electrons. The second kappa shape index (κ2) is 6.75. The molecule has 0 fully saturated rings. The van der Waals surface area contributed by atoms with E-state index in [0.29, 0.717) is 16.3 Å². The van der Waals surface area contributed by atoms with Gasteiger partial charge in [-0.05, 0) is 42.7 Å². The Kier molecular flexibility index (Phi) is 4.77. The largest absolute Gasteiger partial charge is 0.484 e. The third kappa shape index (κ3) is 4.21. The van der Waals surface area contributed by atoms with Crippen LogP contribution in [0.3, 0.4) is 0 Å². The molecule has 0 aliphatic carbocycles. The minimum Gasteiger partial charge on any atom is -0.484 e. The van der Waals surface area contributed by atoms with E-state index < -0.39 is 17.6 Å². The number of amides is 2. The summed E-state index contributed by atoms with van der Waals surface area (Å²) in [5.74, 6) is -1.10. The molecule has 0 aliphatic heterocycles. The van der Waals surface area contributed by atoms with Crippen LogP contribution in [-0.4, -0.2) is 28.0 Å². The van der Waals surface area contributed by atoms with Crippen LogP contribution in [0.2, 0.25) is 0 Å². The number of halogens is 1. The van der Waals surface area contributed by atoms with E-state index in [4.69, 9.17) is 4.74 Å². The van der Waals surface area contributed by atoms with Crippen molar-refractivity contribution in [3.63, 3.8) is 0 Å². The van der Waals surface area contributed by atoms with E-state index >= 15 is 0 Å². The quantitative estimate of drug-likeness (QED) is 0.816. The molecule has 1 heterocycles. The number of aryl methyl sites for hydroxylation is 1. The molecule has 1 aromatic heterocycles. The van der Waals surface area contributed by atoms with Crippen molar-refractivity contribution in [2.75, 3.05) is 6.61 Å². The highest BCUT2D eigenvalue weighted by Gasteiger charge is 2.13. The maximum absolute atomic E-state index is 12.7. The number of benzene rings is 1. The van der Waals surface area contributed by atoms with Gasteiger partial charge in [0.05, 0.1) is 5.69 Å². The Hall–Kier alpha value is -2.55. The molecule has 0 bridgehead atoms. The molecule has 0 saturated carbocycles. The molecule has 0 unspecified atom stereocenters. The number of nitrogens with zero attached hydrogens (tertiary/aromatic N) is 2. The topological polar surface area (TPSA) is 93.2 Å². The summed E-state index contributed by atoms with van der Waals surface area (Å²) >= 11 is 0.930. The van der Waals surface area contributed by atoms with Crippen molar-refractivity contribution in [2.24, 2.45) is 0 Å². The van der Waals surface area contributed by atoms with E-state index in [2.05, 4.69) is 20.4 Å². The summed E-state index contributed by atoms with van der Waals surface area (Å²) in [6, 6.07) is 5.23. The Labute approximate surface area is 123 Å². The van der Waals surface area contributed by atoms with E-state index in [1.807, 2.05) is 0 Å². The highest BCUT2D eigenvalue weighted by molar-refractivity contribution is 7.07. The predicted molar refractivity (Wildman–Crippen MR) is 72.1 cm³/mol. The predicted octanol–water partition coefficient (Wildman–Crippen LogP) is 0.826. The second-order valence-corrected chi connectivity index (χ2v) is 4.69. The fourth-order valence-corrected chi connectivity index (χ4v) is 1.89. The molecule has 0 aliphatic rings. The van der Waals surface area contributed by atoms with Gasteiger partial charge in [0.25, 0.3) is 11.8 Å². The molecule has 0 spiro atoms. The molecule has 2 rings (SSSR count). The maximum atomic E-state index is 12.7. The number of nitrogens with one attached hydrogen (secondary N) is 2. The van der Waals surface area contributed by atoms with Gasteiger partial charge in [-0.1, -0.05) is 4.49 Å². The van der Waals surface area contributed by atoms with Crippen LogP contribution in [0.1, 0.15) is 15.4 Å². The van der Waals surface area contributed by atoms with Crippen LogP contribution in [0.15, 0.2) is 24.3 Å². The summed E-state index contributed by atoms with van der Waals surface area (Å²) < 4.78 is 21.4. The van der Waals surface area contributed by atoms with Crippen molar-refractivity contribution in [3.8, 4) is 5.75 Å². The summed E-state index contributed by atoms with van der Waals surface area (Å²) in [6.45, 7) is 1.32. The van der Waals surface area contributed by atoms with Gasteiger partial charge in [-0.3, -0.25) is 20.4 Å². The van der Waals surface area contributed by atoms with Crippen LogP contribution in [-0.2, 0) is 4.79 Å². The molecule has 21 heavy (non-hydrogen) atoms. The highest BCUT2D eigenvalue weighted by atomic mass is 32.1. The smallest absolute Gasteiger partial charge is 0.283 e. The highest BCUT2D eigenvalue weighted by Crippen LogP contribution is 2.10. The number of rotatable bonds is 4. The van der Waals surface area contributed by atoms with Gasteiger partial charge in [-0.2, -0.15) is 0 Å². The fraction of sp³-hybridized carbons (Fsp3) is 0.167. The number of carbonyl (C=O) groups is 2. The van der Waals surface area contributed by atoms with Gasteiger partial charge >= 0.3 is 0 Å². The number of hydrogen-bond acceptors (Lipinski definition) is 6. The first-order valence-corrected chi connectivity index (χ1v) is 6.60. The van der Waals surface area contributed by atoms with Crippen molar-refractivity contribution in [1.82, 2.24) is 20.4 Å². The number of ether oxygens (including phenoxy) is 1. The molecule has 1 aromatic carbocycles. The average Bonchev–Trinajstić information content (AvgIpc) is 2.90. The minimum absolute atomic E-state index is 0.314. The molecular formula is C12H11FN4O3S. The first-order chi connectivity index (χ1) is 10.1. The molecule has 0 radical (unpaired) electrons. The van der Waals surface area contributed by atoms with Crippen LogP contribution >= 0.6 is 11.5 Å². The Morgan fingerprint density at radius 1 is 1.29 bits per heavy atom. The first-order valence-electron chi connectivity index (χ1n) is 5.83. The van der Waals surface area contributed by atoms with E-state index in [1.165, 1.54) is 24.3 Å². The van der Waals surface area contributed by atoms with Gasteiger partial charge in [0, 0.05) is 0 Å². The fourth-order valence-electron chi connectivity index (χ4n) is 1.34. The summed E-state index contributed by atoms with van der Waals surface area (Å²) in [5, 5.41) is 3.69. The van der Waals surface area contributed by atoms with Gasteiger partial charge in [0.1, 0.15) is 16.4 Å².